The predicted octanol–water partition coefficient (Wildman–Crippen LogP) is 2.20. The lowest BCUT2D eigenvalue weighted by Crippen LogP contribution is -2.45. The van der Waals surface area contributed by atoms with E-state index in [2.05, 4.69) is 17.9 Å². The molecule has 2 rings (SSSR count). The second-order valence-corrected chi connectivity index (χ2v) is 5.24. The Morgan fingerprint density at radius 2 is 2.20 bits per heavy atom. The van der Waals surface area contributed by atoms with Gasteiger partial charge >= 0.3 is 0 Å². The van der Waals surface area contributed by atoms with Crippen molar-refractivity contribution in [2.24, 2.45) is 5.73 Å². The minimum atomic E-state index is -0.0200. The molecule has 4 nitrogen and oxygen atoms in total. The van der Waals surface area contributed by atoms with E-state index in [0.29, 0.717) is 12.7 Å². The SMILES string of the molecule is CCOc1ccccc1C(N)CN1CCOC(CC)C1. The van der Waals surface area contributed by atoms with E-state index >= 15 is 0 Å². The van der Waals surface area contributed by atoms with E-state index < -0.39 is 0 Å². The van der Waals surface area contributed by atoms with Gasteiger partial charge in [0.15, 0.2) is 0 Å². The second kappa shape index (κ2) is 7.62. The zero-order valence-electron chi connectivity index (χ0n) is 12.5. The van der Waals surface area contributed by atoms with Crippen molar-refractivity contribution in [1.29, 1.82) is 0 Å². The first kappa shape index (κ1) is 15.3. The van der Waals surface area contributed by atoms with Crippen LogP contribution in [0.3, 0.4) is 0 Å². The van der Waals surface area contributed by atoms with Crippen LogP contribution in [0.4, 0.5) is 0 Å². The normalized spacial score (nSPS) is 21.6. The maximum atomic E-state index is 6.38. The molecule has 0 saturated carbocycles. The number of rotatable bonds is 6. The third kappa shape index (κ3) is 3.95. The molecule has 1 heterocycles. The lowest BCUT2D eigenvalue weighted by molar-refractivity contribution is -0.0312. The van der Waals surface area contributed by atoms with Crippen molar-refractivity contribution in [2.75, 3.05) is 32.8 Å². The molecule has 20 heavy (non-hydrogen) atoms. The van der Waals surface area contributed by atoms with Crippen molar-refractivity contribution in [3.8, 4) is 5.75 Å². The molecule has 4 heteroatoms. The Bertz CT molecular complexity index is 411. The molecule has 1 aliphatic rings. The lowest BCUT2D eigenvalue weighted by atomic mass is 10.1. The number of hydrogen-bond donors (Lipinski definition) is 1. The number of nitrogens with two attached hydrogens (primary N) is 1. The zero-order valence-corrected chi connectivity index (χ0v) is 12.5. The highest BCUT2D eigenvalue weighted by molar-refractivity contribution is 5.36. The van der Waals surface area contributed by atoms with E-state index in [9.17, 15) is 0 Å². The molecule has 2 atom stereocenters. The average Bonchev–Trinajstić information content (AvgIpc) is 2.48. The van der Waals surface area contributed by atoms with Crippen molar-refractivity contribution in [1.82, 2.24) is 4.90 Å². The molecule has 0 spiro atoms. The van der Waals surface area contributed by atoms with Crippen molar-refractivity contribution >= 4 is 0 Å². The van der Waals surface area contributed by atoms with Gasteiger partial charge in [-0.05, 0) is 19.4 Å². The third-order valence-corrected chi connectivity index (χ3v) is 3.75. The number of nitrogens with zero attached hydrogens (tertiary/aromatic N) is 1. The van der Waals surface area contributed by atoms with E-state index in [4.69, 9.17) is 15.2 Å². The van der Waals surface area contributed by atoms with Gasteiger partial charge in [0.05, 0.1) is 19.3 Å². The fourth-order valence-electron chi connectivity index (χ4n) is 2.64. The molecule has 1 aromatic rings. The van der Waals surface area contributed by atoms with Crippen LogP contribution in [0.15, 0.2) is 24.3 Å². The number of benzene rings is 1. The molecule has 112 valence electrons. The van der Waals surface area contributed by atoms with Crippen LogP contribution in [0.2, 0.25) is 0 Å². The van der Waals surface area contributed by atoms with Crippen LogP contribution in [0.5, 0.6) is 5.75 Å². The maximum Gasteiger partial charge on any atom is 0.124 e. The van der Waals surface area contributed by atoms with Gasteiger partial charge in [-0.2, -0.15) is 0 Å². The highest BCUT2D eigenvalue weighted by atomic mass is 16.5. The summed E-state index contributed by atoms with van der Waals surface area (Å²) in [7, 11) is 0. The Labute approximate surface area is 121 Å². The van der Waals surface area contributed by atoms with Gasteiger partial charge in [0.25, 0.3) is 0 Å². The Morgan fingerprint density at radius 1 is 1.40 bits per heavy atom. The van der Waals surface area contributed by atoms with Crippen molar-refractivity contribution in [3.05, 3.63) is 29.8 Å². The summed E-state index contributed by atoms with van der Waals surface area (Å²) in [4.78, 5) is 2.39. The maximum absolute atomic E-state index is 6.38. The van der Waals surface area contributed by atoms with Gasteiger partial charge in [0.1, 0.15) is 5.75 Å². The van der Waals surface area contributed by atoms with Crippen LogP contribution < -0.4 is 10.5 Å². The third-order valence-electron chi connectivity index (χ3n) is 3.75. The molecule has 1 saturated heterocycles. The molecule has 0 amide bonds. The van der Waals surface area contributed by atoms with Crippen molar-refractivity contribution < 1.29 is 9.47 Å². The molecular weight excluding hydrogens is 252 g/mol. The monoisotopic (exact) mass is 278 g/mol. The van der Waals surface area contributed by atoms with Crippen LogP contribution in [-0.2, 0) is 4.74 Å². The Kier molecular flexibility index (Phi) is 5.83. The smallest absolute Gasteiger partial charge is 0.124 e. The Hall–Kier alpha value is -1.10. The van der Waals surface area contributed by atoms with Crippen molar-refractivity contribution in [2.45, 2.75) is 32.4 Å². The molecule has 1 aliphatic heterocycles. The van der Waals surface area contributed by atoms with E-state index in [-0.39, 0.29) is 6.04 Å². The summed E-state index contributed by atoms with van der Waals surface area (Å²) in [6.07, 6.45) is 1.40. The number of ether oxygens (including phenoxy) is 2. The topological polar surface area (TPSA) is 47.7 Å². The van der Waals surface area contributed by atoms with Gasteiger partial charge < -0.3 is 15.2 Å². The lowest BCUT2D eigenvalue weighted by Gasteiger charge is -2.34. The Morgan fingerprint density at radius 3 is 2.95 bits per heavy atom. The molecule has 2 unspecified atom stereocenters. The van der Waals surface area contributed by atoms with E-state index in [1.54, 1.807) is 0 Å². The first-order valence-electron chi connectivity index (χ1n) is 7.55. The first-order chi connectivity index (χ1) is 9.74. The second-order valence-electron chi connectivity index (χ2n) is 5.24. The van der Waals surface area contributed by atoms with Gasteiger partial charge in [-0.25, -0.2) is 0 Å². The molecule has 0 radical (unpaired) electrons. The molecule has 1 fully saturated rings. The van der Waals surface area contributed by atoms with Crippen molar-refractivity contribution in [3.63, 3.8) is 0 Å². The fraction of sp³-hybridized carbons (Fsp3) is 0.625. The van der Waals surface area contributed by atoms with Gasteiger partial charge in [-0.15, -0.1) is 0 Å². The summed E-state index contributed by atoms with van der Waals surface area (Å²) >= 11 is 0. The summed E-state index contributed by atoms with van der Waals surface area (Å²) in [5.74, 6) is 0.905. The average molecular weight is 278 g/mol. The summed E-state index contributed by atoms with van der Waals surface area (Å²) < 4.78 is 11.4. The minimum absolute atomic E-state index is 0.0200. The van der Waals surface area contributed by atoms with Gasteiger partial charge in [0.2, 0.25) is 0 Å². The van der Waals surface area contributed by atoms with E-state index in [0.717, 1.165) is 44.0 Å². The quantitative estimate of drug-likeness (QED) is 0.866. The summed E-state index contributed by atoms with van der Waals surface area (Å²) in [5, 5.41) is 0. The minimum Gasteiger partial charge on any atom is -0.494 e. The van der Waals surface area contributed by atoms with Crippen LogP contribution in [0.25, 0.3) is 0 Å². The molecular formula is C16H26N2O2. The van der Waals surface area contributed by atoms with E-state index in [1.165, 1.54) is 0 Å². The summed E-state index contributed by atoms with van der Waals surface area (Å²) in [5.41, 5.74) is 7.47. The molecule has 2 N–H and O–H groups in total. The molecule has 0 aromatic heterocycles. The Balaban J connectivity index is 1.99. The molecule has 0 bridgehead atoms. The molecule has 0 aliphatic carbocycles. The van der Waals surface area contributed by atoms with Crippen LogP contribution >= 0.6 is 0 Å². The van der Waals surface area contributed by atoms with Gasteiger partial charge in [-0.1, -0.05) is 25.1 Å². The highest BCUT2D eigenvalue weighted by Crippen LogP contribution is 2.24. The largest absolute Gasteiger partial charge is 0.494 e. The highest BCUT2D eigenvalue weighted by Gasteiger charge is 2.22. The number of morpholine rings is 1. The van der Waals surface area contributed by atoms with Crippen LogP contribution in [0, 0.1) is 0 Å². The van der Waals surface area contributed by atoms with Crippen LogP contribution in [0.1, 0.15) is 31.9 Å². The zero-order chi connectivity index (χ0) is 14.4. The first-order valence-corrected chi connectivity index (χ1v) is 7.55. The summed E-state index contributed by atoms with van der Waals surface area (Å²) in [6.45, 7) is 8.41. The predicted molar refractivity (Wildman–Crippen MR) is 81.0 cm³/mol. The molecule has 1 aromatic carbocycles. The fourth-order valence-corrected chi connectivity index (χ4v) is 2.64. The standard InChI is InChI=1S/C16H26N2O2/c1-3-13-11-18(9-10-20-13)12-15(17)14-7-5-6-8-16(14)19-4-2/h5-8,13,15H,3-4,9-12,17H2,1-2H3. The van der Waals surface area contributed by atoms with E-state index in [1.807, 2.05) is 25.1 Å². The number of hydrogen-bond acceptors (Lipinski definition) is 4. The number of para-hydroxylation sites is 1. The van der Waals surface area contributed by atoms with Crippen LogP contribution in [-0.4, -0.2) is 43.9 Å². The van der Waals surface area contributed by atoms with Gasteiger partial charge in [-0.3, -0.25) is 4.90 Å². The van der Waals surface area contributed by atoms with Gasteiger partial charge in [0, 0.05) is 31.2 Å². The summed E-state index contributed by atoms with van der Waals surface area (Å²) in [6, 6.07) is 8.04.